The normalized spacial score (nSPS) is 10.6. The molecule has 0 radical (unpaired) electrons. The summed E-state index contributed by atoms with van der Waals surface area (Å²) in [5, 5.41) is 6.70. The maximum Gasteiger partial charge on any atom is 0.261 e. The largest absolute Gasteiger partial charge is 0.481 e. The molecular weight excluding hydrogens is 370 g/mol. The molecule has 3 aromatic rings. The molecule has 29 heavy (non-hydrogen) atoms. The Balaban J connectivity index is 1.88. The van der Waals surface area contributed by atoms with Gasteiger partial charge < -0.3 is 19.6 Å². The number of carbonyl (C=O) groups excluding carboxylic acids is 1. The zero-order chi connectivity index (χ0) is 20.6. The average Bonchev–Trinajstić information content (AvgIpc) is 2.78. The molecule has 0 atom stereocenters. The minimum absolute atomic E-state index is 0.195. The van der Waals surface area contributed by atoms with Gasteiger partial charge in [0, 0.05) is 17.3 Å². The maximum absolute atomic E-state index is 12.8. The van der Waals surface area contributed by atoms with Gasteiger partial charge in [-0.25, -0.2) is 0 Å². The molecule has 0 aliphatic rings. The summed E-state index contributed by atoms with van der Waals surface area (Å²) >= 11 is 0. The molecule has 0 saturated heterocycles. The van der Waals surface area contributed by atoms with E-state index < -0.39 is 0 Å². The molecule has 0 aliphatic heterocycles. The van der Waals surface area contributed by atoms with Crippen LogP contribution in [0.5, 0.6) is 11.8 Å². The Morgan fingerprint density at radius 1 is 0.966 bits per heavy atom. The minimum Gasteiger partial charge on any atom is -0.481 e. The number of nitrogens with zero attached hydrogens (tertiary/aromatic N) is 2. The van der Waals surface area contributed by atoms with Crippen LogP contribution in [0, 0.1) is 0 Å². The Hall–Kier alpha value is -3.87. The number of benzene rings is 2. The van der Waals surface area contributed by atoms with E-state index in [4.69, 9.17) is 14.3 Å². The van der Waals surface area contributed by atoms with E-state index >= 15 is 0 Å². The number of hydrogen-bond acceptors (Lipinski definition) is 6. The Morgan fingerprint density at radius 3 is 2.41 bits per heavy atom. The number of aromatic nitrogens is 1. The number of oxime groups is 1. The molecular formula is C22H21N3O4. The van der Waals surface area contributed by atoms with E-state index in [0.717, 1.165) is 16.7 Å². The lowest BCUT2D eigenvalue weighted by Crippen LogP contribution is -2.14. The molecule has 1 aromatic heterocycles. The van der Waals surface area contributed by atoms with Crippen molar-refractivity contribution in [3.63, 3.8) is 0 Å². The lowest BCUT2D eigenvalue weighted by molar-refractivity contribution is 0.102. The molecule has 3 rings (SSSR count). The summed E-state index contributed by atoms with van der Waals surface area (Å²) in [6, 6.07) is 18.6. The highest BCUT2D eigenvalue weighted by molar-refractivity contribution is 6.07. The SMILES string of the molecule is CON=Cc1ccc(-c2ccccc2NC(=O)c2ccc(OC)nc2OC)cc1. The number of anilines is 1. The van der Waals surface area contributed by atoms with E-state index in [1.165, 1.54) is 21.3 Å². The molecule has 148 valence electrons. The third kappa shape index (κ3) is 4.70. The van der Waals surface area contributed by atoms with Crippen LogP contribution in [0.1, 0.15) is 15.9 Å². The van der Waals surface area contributed by atoms with Gasteiger partial charge in [0.25, 0.3) is 5.91 Å². The van der Waals surface area contributed by atoms with Gasteiger partial charge >= 0.3 is 0 Å². The van der Waals surface area contributed by atoms with Gasteiger partial charge in [-0.3, -0.25) is 4.79 Å². The predicted molar refractivity (Wildman–Crippen MR) is 112 cm³/mol. The van der Waals surface area contributed by atoms with Crippen molar-refractivity contribution in [1.82, 2.24) is 4.98 Å². The van der Waals surface area contributed by atoms with E-state index in [1.54, 1.807) is 18.3 Å². The van der Waals surface area contributed by atoms with Gasteiger partial charge in [-0.05, 0) is 23.3 Å². The van der Waals surface area contributed by atoms with E-state index in [0.29, 0.717) is 17.1 Å². The summed E-state index contributed by atoms with van der Waals surface area (Å²) in [6.07, 6.45) is 1.63. The summed E-state index contributed by atoms with van der Waals surface area (Å²) in [7, 11) is 4.46. The molecule has 2 aromatic carbocycles. The minimum atomic E-state index is -0.326. The molecule has 0 aliphatic carbocycles. The standard InChI is InChI=1S/C22H21N3O4/c1-27-20-13-12-18(22(25-20)28-2)21(26)24-19-7-5-4-6-17(19)16-10-8-15(9-11-16)14-23-29-3/h4-14H,1-3H3,(H,24,26). The van der Waals surface area contributed by atoms with Crippen molar-refractivity contribution in [2.45, 2.75) is 0 Å². The van der Waals surface area contributed by atoms with Crippen molar-refractivity contribution in [2.75, 3.05) is 26.6 Å². The molecule has 0 fully saturated rings. The Kier molecular flexibility index (Phi) is 6.42. The van der Waals surface area contributed by atoms with Gasteiger partial charge in [-0.1, -0.05) is 47.6 Å². The van der Waals surface area contributed by atoms with Gasteiger partial charge in [0.2, 0.25) is 11.8 Å². The zero-order valence-corrected chi connectivity index (χ0v) is 16.4. The fraction of sp³-hybridized carbons (Fsp3) is 0.136. The van der Waals surface area contributed by atoms with E-state index in [1.807, 2.05) is 48.5 Å². The second-order valence-electron chi connectivity index (χ2n) is 5.95. The van der Waals surface area contributed by atoms with Crippen molar-refractivity contribution in [3.8, 4) is 22.9 Å². The van der Waals surface area contributed by atoms with Gasteiger partial charge in [-0.2, -0.15) is 4.98 Å². The quantitative estimate of drug-likeness (QED) is 0.486. The number of rotatable bonds is 7. The molecule has 1 amide bonds. The lowest BCUT2D eigenvalue weighted by atomic mass is 10.0. The van der Waals surface area contributed by atoms with Crippen LogP contribution < -0.4 is 14.8 Å². The number of para-hydroxylation sites is 1. The smallest absolute Gasteiger partial charge is 0.261 e. The first-order chi connectivity index (χ1) is 14.2. The van der Waals surface area contributed by atoms with Gasteiger partial charge in [0.05, 0.1) is 20.4 Å². The van der Waals surface area contributed by atoms with E-state index in [-0.39, 0.29) is 11.8 Å². The van der Waals surface area contributed by atoms with Crippen molar-refractivity contribution < 1.29 is 19.1 Å². The van der Waals surface area contributed by atoms with Crippen LogP contribution in [0.2, 0.25) is 0 Å². The maximum atomic E-state index is 12.8. The summed E-state index contributed by atoms with van der Waals surface area (Å²) in [5.74, 6) is 0.241. The number of ether oxygens (including phenoxy) is 2. The van der Waals surface area contributed by atoms with Crippen LogP contribution in [0.3, 0.4) is 0 Å². The van der Waals surface area contributed by atoms with Crippen molar-refractivity contribution >= 4 is 17.8 Å². The van der Waals surface area contributed by atoms with Crippen molar-refractivity contribution in [3.05, 3.63) is 71.8 Å². The summed E-state index contributed by atoms with van der Waals surface area (Å²) in [5.41, 5.74) is 3.74. The lowest BCUT2D eigenvalue weighted by Gasteiger charge is -2.13. The second kappa shape index (κ2) is 9.36. The van der Waals surface area contributed by atoms with Gasteiger partial charge in [0.15, 0.2) is 0 Å². The zero-order valence-electron chi connectivity index (χ0n) is 16.4. The molecule has 1 heterocycles. The van der Waals surface area contributed by atoms with Crippen LogP contribution in [-0.4, -0.2) is 38.4 Å². The molecule has 1 N–H and O–H groups in total. The highest BCUT2D eigenvalue weighted by Gasteiger charge is 2.16. The first-order valence-corrected chi connectivity index (χ1v) is 8.82. The predicted octanol–water partition coefficient (Wildman–Crippen LogP) is 4.00. The fourth-order valence-electron chi connectivity index (χ4n) is 2.76. The summed E-state index contributed by atoms with van der Waals surface area (Å²) in [4.78, 5) is 21.7. The highest BCUT2D eigenvalue weighted by Crippen LogP contribution is 2.29. The number of carbonyl (C=O) groups is 1. The third-order valence-electron chi connectivity index (χ3n) is 4.19. The Bertz CT molecular complexity index is 1020. The topological polar surface area (TPSA) is 82.0 Å². The Morgan fingerprint density at radius 2 is 1.72 bits per heavy atom. The molecule has 0 spiro atoms. The van der Waals surface area contributed by atoms with Crippen molar-refractivity contribution in [2.24, 2.45) is 5.16 Å². The van der Waals surface area contributed by atoms with E-state index in [9.17, 15) is 4.79 Å². The summed E-state index contributed by atoms with van der Waals surface area (Å²) in [6.45, 7) is 0. The first kappa shape index (κ1) is 19.9. The van der Waals surface area contributed by atoms with Crippen LogP contribution in [0.25, 0.3) is 11.1 Å². The molecule has 0 bridgehead atoms. The second-order valence-corrected chi connectivity index (χ2v) is 5.95. The first-order valence-electron chi connectivity index (χ1n) is 8.82. The molecule has 0 saturated carbocycles. The van der Waals surface area contributed by atoms with E-state index in [2.05, 4.69) is 15.5 Å². The van der Waals surface area contributed by atoms with Crippen LogP contribution in [0.4, 0.5) is 5.69 Å². The van der Waals surface area contributed by atoms with Gasteiger partial charge in [-0.15, -0.1) is 0 Å². The highest BCUT2D eigenvalue weighted by atomic mass is 16.6. The average molecular weight is 391 g/mol. The van der Waals surface area contributed by atoms with Crippen LogP contribution >= 0.6 is 0 Å². The van der Waals surface area contributed by atoms with Gasteiger partial charge in [0.1, 0.15) is 12.7 Å². The Labute approximate surface area is 168 Å². The van der Waals surface area contributed by atoms with Crippen LogP contribution in [0.15, 0.2) is 65.8 Å². The number of pyridine rings is 1. The molecule has 0 unspecified atom stereocenters. The van der Waals surface area contributed by atoms with Crippen LogP contribution in [-0.2, 0) is 4.84 Å². The number of nitrogens with one attached hydrogen (secondary N) is 1. The van der Waals surface area contributed by atoms with Crippen molar-refractivity contribution in [1.29, 1.82) is 0 Å². The third-order valence-corrected chi connectivity index (χ3v) is 4.19. The number of amides is 1. The number of methoxy groups -OCH3 is 2. The molecule has 7 nitrogen and oxygen atoms in total. The fourth-order valence-corrected chi connectivity index (χ4v) is 2.76. The number of hydrogen-bond donors (Lipinski definition) is 1. The summed E-state index contributed by atoms with van der Waals surface area (Å²) < 4.78 is 10.3. The monoisotopic (exact) mass is 391 g/mol. The molecule has 7 heteroatoms.